The normalized spacial score (nSPS) is 34.3. The molecule has 4 nitrogen and oxygen atoms in total. The zero-order valence-electron chi connectivity index (χ0n) is 18.2. The molecule has 5 fully saturated rings. The molecule has 0 spiro atoms. The van der Waals surface area contributed by atoms with E-state index in [0.717, 1.165) is 56.7 Å². The molecule has 4 heteroatoms. The van der Waals surface area contributed by atoms with Crippen molar-refractivity contribution < 1.29 is 4.79 Å². The van der Waals surface area contributed by atoms with Gasteiger partial charge in [-0.05, 0) is 99.9 Å². The molecular weight excluding hydrogens is 358 g/mol. The molecule has 1 aliphatic heterocycles. The molecule has 4 bridgehead atoms. The largest absolute Gasteiger partial charge is 0.378 e. The van der Waals surface area contributed by atoms with Crippen LogP contribution in [0.25, 0.3) is 0 Å². The molecule has 1 amide bonds. The van der Waals surface area contributed by atoms with Crippen molar-refractivity contribution in [3.05, 3.63) is 29.8 Å². The second kappa shape index (κ2) is 7.61. The first kappa shape index (κ1) is 19.4. The lowest BCUT2D eigenvalue weighted by Gasteiger charge is -2.55. The fourth-order valence-electron chi connectivity index (χ4n) is 7.27. The third-order valence-corrected chi connectivity index (χ3v) is 8.35. The number of anilines is 1. The summed E-state index contributed by atoms with van der Waals surface area (Å²) in [6.45, 7) is 3.04. The van der Waals surface area contributed by atoms with Gasteiger partial charge in [0.05, 0.1) is 6.04 Å². The summed E-state index contributed by atoms with van der Waals surface area (Å²) >= 11 is 0. The number of likely N-dealkylation sites (tertiary alicyclic amines) is 1. The minimum absolute atomic E-state index is 0.0426. The number of nitrogens with zero attached hydrogens (tertiary/aromatic N) is 2. The predicted molar refractivity (Wildman–Crippen MR) is 118 cm³/mol. The molecule has 0 radical (unpaired) electrons. The average Bonchev–Trinajstić information content (AvgIpc) is 3.22. The average molecular weight is 396 g/mol. The summed E-state index contributed by atoms with van der Waals surface area (Å²) < 4.78 is 0. The van der Waals surface area contributed by atoms with Crippen LogP contribution in [-0.4, -0.2) is 44.5 Å². The van der Waals surface area contributed by atoms with E-state index in [0.29, 0.717) is 11.9 Å². The quantitative estimate of drug-likeness (QED) is 0.783. The van der Waals surface area contributed by atoms with Gasteiger partial charge in [0.25, 0.3) is 0 Å². The molecule has 6 rings (SSSR count). The second-order valence-electron chi connectivity index (χ2n) is 10.7. The van der Waals surface area contributed by atoms with Gasteiger partial charge in [0.15, 0.2) is 0 Å². The van der Waals surface area contributed by atoms with Crippen LogP contribution in [0.1, 0.15) is 63.0 Å². The molecule has 29 heavy (non-hydrogen) atoms. The number of carbonyl (C=O) groups is 1. The summed E-state index contributed by atoms with van der Waals surface area (Å²) in [4.78, 5) is 18.2. The predicted octanol–water partition coefficient (Wildman–Crippen LogP) is 4.22. The van der Waals surface area contributed by atoms with Crippen LogP contribution in [0.4, 0.5) is 5.69 Å². The maximum atomic E-state index is 13.5. The zero-order chi connectivity index (χ0) is 20.0. The molecule has 5 aliphatic rings. The van der Waals surface area contributed by atoms with E-state index in [1.165, 1.54) is 43.4 Å². The van der Waals surface area contributed by atoms with Gasteiger partial charge in [0.1, 0.15) is 0 Å². The van der Waals surface area contributed by atoms with Crippen LogP contribution in [-0.2, 0) is 4.79 Å². The highest BCUT2D eigenvalue weighted by atomic mass is 16.2. The van der Waals surface area contributed by atoms with Gasteiger partial charge in [0.2, 0.25) is 5.91 Å². The highest BCUT2D eigenvalue weighted by molar-refractivity contribution is 5.83. The van der Waals surface area contributed by atoms with Crippen LogP contribution >= 0.6 is 0 Å². The summed E-state index contributed by atoms with van der Waals surface area (Å²) in [6, 6.07) is 9.23. The smallest absolute Gasteiger partial charge is 0.226 e. The molecule has 1 atom stereocenters. The summed E-state index contributed by atoms with van der Waals surface area (Å²) in [5, 5.41) is 3.46. The van der Waals surface area contributed by atoms with Crippen molar-refractivity contribution in [1.82, 2.24) is 10.2 Å². The Morgan fingerprint density at radius 1 is 1.03 bits per heavy atom. The topological polar surface area (TPSA) is 35.6 Å². The van der Waals surface area contributed by atoms with Crippen LogP contribution < -0.4 is 10.2 Å². The lowest BCUT2D eigenvalue weighted by Crippen LogP contribution is -2.54. The standard InChI is InChI=1S/C25H37N3O/c1-27(2)22-7-5-21(6-8-22)23(28-9-3-4-10-28)17-26-24(29)25-14-18-11-19(15-25)13-20(12-18)16-25/h5-8,18-20,23H,3-4,9-17H2,1-2H3,(H,26,29). The zero-order valence-corrected chi connectivity index (χ0v) is 18.2. The Balaban J connectivity index is 1.30. The van der Waals surface area contributed by atoms with Crippen LogP contribution in [0.5, 0.6) is 0 Å². The fraction of sp³-hybridized carbons (Fsp3) is 0.720. The second-order valence-corrected chi connectivity index (χ2v) is 10.7. The fourth-order valence-corrected chi connectivity index (χ4v) is 7.27. The minimum atomic E-state index is -0.0426. The SMILES string of the molecule is CN(C)c1ccc(C(CNC(=O)C23CC4CC(CC(C4)C2)C3)N2CCCC2)cc1. The summed E-state index contributed by atoms with van der Waals surface area (Å²) in [7, 11) is 4.16. The molecule has 1 saturated heterocycles. The molecule has 158 valence electrons. The number of amides is 1. The Morgan fingerprint density at radius 3 is 2.10 bits per heavy atom. The highest BCUT2D eigenvalue weighted by Crippen LogP contribution is 2.60. The molecule has 1 N–H and O–H groups in total. The third kappa shape index (κ3) is 3.69. The van der Waals surface area contributed by atoms with Crippen LogP contribution in [0, 0.1) is 23.2 Å². The summed E-state index contributed by atoms with van der Waals surface area (Å²) in [6.07, 6.45) is 10.2. The molecule has 1 aromatic carbocycles. The first-order chi connectivity index (χ1) is 14.0. The molecule has 4 saturated carbocycles. The molecular formula is C25H37N3O. The van der Waals surface area contributed by atoms with Gasteiger partial charge in [-0.3, -0.25) is 9.69 Å². The monoisotopic (exact) mass is 395 g/mol. The van der Waals surface area contributed by atoms with Crippen molar-refractivity contribution in [2.75, 3.05) is 38.6 Å². The molecule has 1 heterocycles. The van der Waals surface area contributed by atoms with Gasteiger partial charge in [-0.1, -0.05) is 12.1 Å². The summed E-state index contributed by atoms with van der Waals surface area (Å²) in [5.74, 6) is 2.82. The van der Waals surface area contributed by atoms with E-state index in [-0.39, 0.29) is 5.41 Å². The van der Waals surface area contributed by atoms with Gasteiger partial charge < -0.3 is 10.2 Å². The molecule has 1 unspecified atom stereocenters. The van der Waals surface area contributed by atoms with Crippen LogP contribution in [0.2, 0.25) is 0 Å². The van der Waals surface area contributed by atoms with E-state index in [1.54, 1.807) is 0 Å². The highest BCUT2D eigenvalue weighted by Gasteiger charge is 2.54. The molecule has 0 aromatic heterocycles. The number of hydrogen-bond acceptors (Lipinski definition) is 3. The Morgan fingerprint density at radius 2 is 1.59 bits per heavy atom. The number of hydrogen-bond donors (Lipinski definition) is 1. The lowest BCUT2D eigenvalue weighted by molar-refractivity contribution is -0.146. The molecule has 4 aliphatic carbocycles. The Hall–Kier alpha value is -1.55. The van der Waals surface area contributed by atoms with E-state index in [2.05, 4.69) is 53.5 Å². The van der Waals surface area contributed by atoms with E-state index < -0.39 is 0 Å². The van der Waals surface area contributed by atoms with Gasteiger partial charge in [-0.15, -0.1) is 0 Å². The maximum absolute atomic E-state index is 13.5. The maximum Gasteiger partial charge on any atom is 0.226 e. The van der Waals surface area contributed by atoms with E-state index in [9.17, 15) is 4.79 Å². The first-order valence-corrected chi connectivity index (χ1v) is 11.8. The number of benzene rings is 1. The van der Waals surface area contributed by atoms with Crippen molar-refractivity contribution in [2.24, 2.45) is 23.2 Å². The first-order valence-electron chi connectivity index (χ1n) is 11.8. The van der Waals surface area contributed by atoms with Crippen molar-refractivity contribution in [2.45, 2.75) is 57.4 Å². The van der Waals surface area contributed by atoms with E-state index in [1.807, 2.05) is 0 Å². The van der Waals surface area contributed by atoms with Gasteiger partial charge >= 0.3 is 0 Å². The minimum Gasteiger partial charge on any atom is -0.378 e. The third-order valence-electron chi connectivity index (χ3n) is 8.35. The Kier molecular flexibility index (Phi) is 5.09. The van der Waals surface area contributed by atoms with Gasteiger partial charge in [-0.2, -0.15) is 0 Å². The van der Waals surface area contributed by atoms with Crippen LogP contribution in [0.15, 0.2) is 24.3 Å². The number of carbonyl (C=O) groups excluding carboxylic acids is 1. The van der Waals surface area contributed by atoms with Crippen molar-refractivity contribution in [3.8, 4) is 0 Å². The van der Waals surface area contributed by atoms with Crippen molar-refractivity contribution in [3.63, 3.8) is 0 Å². The molecule has 1 aromatic rings. The van der Waals surface area contributed by atoms with Gasteiger partial charge in [0, 0.05) is 31.7 Å². The van der Waals surface area contributed by atoms with E-state index >= 15 is 0 Å². The number of nitrogens with one attached hydrogen (secondary N) is 1. The number of rotatable bonds is 6. The van der Waals surface area contributed by atoms with Gasteiger partial charge in [-0.25, -0.2) is 0 Å². The van der Waals surface area contributed by atoms with E-state index in [4.69, 9.17) is 0 Å². The Bertz CT molecular complexity index is 700. The van der Waals surface area contributed by atoms with Crippen molar-refractivity contribution in [1.29, 1.82) is 0 Å². The van der Waals surface area contributed by atoms with Crippen LogP contribution in [0.3, 0.4) is 0 Å². The lowest BCUT2D eigenvalue weighted by atomic mass is 9.49. The van der Waals surface area contributed by atoms with Crippen molar-refractivity contribution >= 4 is 11.6 Å². The Labute approximate surface area is 176 Å². The summed E-state index contributed by atoms with van der Waals surface area (Å²) in [5.41, 5.74) is 2.52.